The van der Waals surface area contributed by atoms with Gasteiger partial charge in [0.1, 0.15) is 23.4 Å². The SMILES string of the molecule is CCC(C)(C)N(C(=O)C(CO)NC(=O)OC(C)(C)C)C(C(=O)NC1CCCCC1)c1ccc(O)cc1. The molecule has 0 heterocycles. The number of nitrogens with one attached hydrogen (secondary N) is 2. The minimum absolute atomic E-state index is 0.0149. The number of rotatable bonds is 9. The van der Waals surface area contributed by atoms with Crippen molar-refractivity contribution in [3.05, 3.63) is 29.8 Å². The van der Waals surface area contributed by atoms with E-state index in [1.165, 1.54) is 17.0 Å². The summed E-state index contributed by atoms with van der Waals surface area (Å²) in [7, 11) is 0. The van der Waals surface area contributed by atoms with Crippen molar-refractivity contribution in [1.29, 1.82) is 0 Å². The molecule has 1 saturated carbocycles. The zero-order chi connectivity index (χ0) is 27.1. The van der Waals surface area contributed by atoms with Gasteiger partial charge in [-0.25, -0.2) is 4.79 Å². The number of amides is 3. The highest BCUT2D eigenvalue weighted by atomic mass is 16.6. The number of hydrogen-bond acceptors (Lipinski definition) is 6. The van der Waals surface area contributed by atoms with Crippen molar-refractivity contribution >= 4 is 17.9 Å². The summed E-state index contributed by atoms with van der Waals surface area (Å²) in [6, 6.07) is 3.84. The Hall–Kier alpha value is -2.81. The molecule has 2 atom stereocenters. The Morgan fingerprint density at radius 2 is 1.64 bits per heavy atom. The van der Waals surface area contributed by atoms with Gasteiger partial charge in [-0.1, -0.05) is 38.3 Å². The molecule has 0 radical (unpaired) electrons. The second-order valence-corrected chi connectivity index (χ2v) is 11.1. The lowest BCUT2D eigenvalue weighted by Gasteiger charge is -2.44. The van der Waals surface area contributed by atoms with Crippen LogP contribution in [0.15, 0.2) is 24.3 Å². The van der Waals surface area contributed by atoms with Gasteiger partial charge in [-0.3, -0.25) is 9.59 Å². The highest BCUT2D eigenvalue weighted by molar-refractivity contribution is 5.93. The zero-order valence-electron chi connectivity index (χ0n) is 22.5. The Bertz CT molecular complexity index is 888. The average Bonchev–Trinajstić information content (AvgIpc) is 2.80. The normalized spacial score (nSPS) is 16.5. The first-order valence-corrected chi connectivity index (χ1v) is 12.8. The van der Waals surface area contributed by atoms with Crippen molar-refractivity contribution in [2.45, 2.75) is 109 Å². The van der Waals surface area contributed by atoms with E-state index in [1.54, 1.807) is 32.9 Å². The second-order valence-electron chi connectivity index (χ2n) is 11.1. The minimum atomic E-state index is -1.31. The molecule has 1 aromatic carbocycles. The van der Waals surface area contributed by atoms with Crippen LogP contribution in [-0.2, 0) is 14.3 Å². The fourth-order valence-corrected chi connectivity index (χ4v) is 4.35. The number of aromatic hydroxyl groups is 1. The number of alkyl carbamates (subject to hydrolysis) is 1. The summed E-state index contributed by atoms with van der Waals surface area (Å²) >= 11 is 0. The molecule has 1 fully saturated rings. The number of phenolic OH excluding ortho intramolecular Hbond substituents is 1. The monoisotopic (exact) mass is 505 g/mol. The minimum Gasteiger partial charge on any atom is -0.508 e. The molecule has 202 valence electrons. The van der Waals surface area contributed by atoms with Gasteiger partial charge in [0, 0.05) is 11.6 Å². The van der Waals surface area contributed by atoms with Crippen LogP contribution < -0.4 is 10.6 Å². The van der Waals surface area contributed by atoms with Gasteiger partial charge < -0.3 is 30.5 Å². The number of carbonyl (C=O) groups excluding carboxylic acids is 3. The maximum Gasteiger partial charge on any atom is 0.408 e. The van der Waals surface area contributed by atoms with Crippen LogP contribution in [0.5, 0.6) is 5.75 Å². The summed E-state index contributed by atoms with van der Waals surface area (Å²) in [5.41, 5.74) is -1.08. The highest BCUT2D eigenvalue weighted by Gasteiger charge is 2.43. The Morgan fingerprint density at radius 3 is 2.14 bits per heavy atom. The maximum atomic E-state index is 13.9. The third-order valence-electron chi connectivity index (χ3n) is 6.59. The molecule has 0 aliphatic heterocycles. The van der Waals surface area contributed by atoms with Crippen LogP contribution in [0.2, 0.25) is 0 Å². The number of nitrogens with zero attached hydrogens (tertiary/aromatic N) is 1. The number of carbonyl (C=O) groups is 3. The molecule has 9 nitrogen and oxygen atoms in total. The van der Waals surface area contributed by atoms with Crippen molar-refractivity contribution < 1.29 is 29.3 Å². The second kappa shape index (κ2) is 12.4. The predicted octanol–water partition coefficient (Wildman–Crippen LogP) is 3.79. The molecular weight excluding hydrogens is 462 g/mol. The molecule has 3 amide bonds. The summed E-state index contributed by atoms with van der Waals surface area (Å²) in [6.07, 6.45) is 4.62. The highest BCUT2D eigenvalue weighted by Crippen LogP contribution is 2.33. The van der Waals surface area contributed by atoms with E-state index in [4.69, 9.17) is 4.74 Å². The Labute approximate surface area is 214 Å². The number of benzene rings is 1. The standard InChI is InChI=1S/C27H43N3O6/c1-7-27(5,6)30(24(34)21(17-31)29-25(35)36-26(2,3)4)22(18-13-15-20(32)16-14-18)23(33)28-19-11-9-8-10-12-19/h13-16,19,21-22,31-32H,7-12,17H2,1-6H3,(H,28,33)(H,29,35). The van der Waals surface area contributed by atoms with Crippen molar-refractivity contribution in [1.82, 2.24) is 15.5 Å². The van der Waals surface area contributed by atoms with Gasteiger partial charge in [-0.2, -0.15) is 0 Å². The lowest BCUT2D eigenvalue weighted by atomic mass is 9.91. The molecule has 2 unspecified atom stereocenters. The molecule has 0 bridgehead atoms. The van der Waals surface area contributed by atoms with Gasteiger partial charge in [0.25, 0.3) is 0 Å². The predicted molar refractivity (Wildman–Crippen MR) is 137 cm³/mol. The van der Waals surface area contributed by atoms with E-state index in [2.05, 4.69) is 10.6 Å². The number of ether oxygens (including phenoxy) is 1. The first kappa shape index (κ1) is 29.4. The van der Waals surface area contributed by atoms with Crippen LogP contribution in [-0.4, -0.2) is 62.9 Å². The zero-order valence-corrected chi connectivity index (χ0v) is 22.5. The van der Waals surface area contributed by atoms with E-state index in [9.17, 15) is 24.6 Å². The van der Waals surface area contributed by atoms with Gasteiger partial charge in [0.15, 0.2) is 0 Å². The van der Waals surface area contributed by atoms with E-state index in [0.717, 1.165) is 32.1 Å². The summed E-state index contributed by atoms with van der Waals surface area (Å²) < 4.78 is 5.28. The molecule has 1 aliphatic carbocycles. The van der Waals surface area contributed by atoms with Crippen molar-refractivity contribution in [3.63, 3.8) is 0 Å². The van der Waals surface area contributed by atoms with E-state index in [0.29, 0.717) is 12.0 Å². The van der Waals surface area contributed by atoms with Crippen LogP contribution in [0, 0.1) is 0 Å². The Balaban J connectivity index is 2.48. The molecule has 1 aromatic rings. The first-order chi connectivity index (χ1) is 16.8. The molecule has 0 spiro atoms. The van der Waals surface area contributed by atoms with Crippen molar-refractivity contribution in [2.24, 2.45) is 0 Å². The molecule has 9 heteroatoms. The lowest BCUT2D eigenvalue weighted by Crippen LogP contribution is -2.60. The van der Waals surface area contributed by atoms with Crippen LogP contribution in [0.3, 0.4) is 0 Å². The lowest BCUT2D eigenvalue weighted by molar-refractivity contribution is -0.150. The quantitative estimate of drug-likeness (QED) is 0.404. The summed E-state index contributed by atoms with van der Waals surface area (Å²) in [4.78, 5) is 41.6. The van der Waals surface area contributed by atoms with Gasteiger partial charge in [0.2, 0.25) is 11.8 Å². The number of hydrogen-bond donors (Lipinski definition) is 4. The van der Waals surface area contributed by atoms with Crippen LogP contribution in [0.1, 0.15) is 91.7 Å². The largest absolute Gasteiger partial charge is 0.508 e. The van der Waals surface area contributed by atoms with Gasteiger partial charge in [-0.05, 0) is 71.6 Å². The number of aliphatic hydroxyl groups is 1. The van der Waals surface area contributed by atoms with E-state index in [1.807, 2.05) is 20.8 Å². The number of aliphatic hydroxyl groups excluding tert-OH is 1. The first-order valence-electron chi connectivity index (χ1n) is 12.8. The summed E-state index contributed by atoms with van der Waals surface area (Å²) in [5.74, 6) is -0.902. The van der Waals surface area contributed by atoms with Gasteiger partial charge in [0.05, 0.1) is 6.61 Å². The van der Waals surface area contributed by atoms with Crippen LogP contribution >= 0.6 is 0 Å². The molecule has 0 aromatic heterocycles. The summed E-state index contributed by atoms with van der Waals surface area (Å²) in [6.45, 7) is 10.0. The third-order valence-corrected chi connectivity index (χ3v) is 6.59. The Morgan fingerprint density at radius 1 is 1.06 bits per heavy atom. The molecule has 4 N–H and O–H groups in total. The summed E-state index contributed by atoms with van der Waals surface area (Å²) in [5, 5.41) is 25.5. The van der Waals surface area contributed by atoms with Crippen molar-refractivity contribution in [2.75, 3.05) is 6.61 Å². The molecule has 36 heavy (non-hydrogen) atoms. The van der Waals surface area contributed by atoms with E-state index >= 15 is 0 Å². The number of phenols is 1. The fraction of sp³-hybridized carbons (Fsp3) is 0.667. The van der Waals surface area contributed by atoms with E-state index in [-0.39, 0.29) is 17.7 Å². The van der Waals surface area contributed by atoms with Gasteiger partial charge >= 0.3 is 6.09 Å². The maximum absolute atomic E-state index is 13.9. The Kier molecular flexibility index (Phi) is 10.2. The van der Waals surface area contributed by atoms with Gasteiger partial charge in [-0.15, -0.1) is 0 Å². The molecular formula is C27H43N3O6. The topological polar surface area (TPSA) is 128 Å². The van der Waals surface area contributed by atoms with Crippen LogP contribution in [0.4, 0.5) is 4.79 Å². The average molecular weight is 506 g/mol. The van der Waals surface area contributed by atoms with Crippen LogP contribution in [0.25, 0.3) is 0 Å². The molecule has 0 saturated heterocycles. The fourth-order valence-electron chi connectivity index (χ4n) is 4.35. The third kappa shape index (κ3) is 8.11. The smallest absolute Gasteiger partial charge is 0.408 e. The molecule has 1 aliphatic rings. The van der Waals surface area contributed by atoms with Crippen molar-refractivity contribution in [3.8, 4) is 5.75 Å². The molecule has 2 rings (SSSR count). The van der Waals surface area contributed by atoms with E-state index < -0.39 is 41.8 Å².